The van der Waals surface area contributed by atoms with Crippen LogP contribution < -0.4 is 5.73 Å². The Morgan fingerprint density at radius 2 is 1.92 bits per heavy atom. The van der Waals surface area contributed by atoms with Crippen molar-refractivity contribution in [1.82, 2.24) is 9.80 Å². The number of piperazine rings is 1. The Labute approximate surface area is 159 Å². The highest BCUT2D eigenvalue weighted by atomic mass is 35.5. The lowest BCUT2D eigenvalue weighted by molar-refractivity contribution is -0.148. The molecule has 2 rings (SSSR count). The lowest BCUT2D eigenvalue weighted by Gasteiger charge is -2.38. The summed E-state index contributed by atoms with van der Waals surface area (Å²) in [6, 6.07) is 6.56. The Balaban J connectivity index is 0.00000312. The van der Waals surface area contributed by atoms with Gasteiger partial charge in [0.1, 0.15) is 6.04 Å². The van der Waals surface area contributed by atoms with Crippen LogP contribution >= 0.6 is 24.0 Å². The highest BCUT2D eigenvalue weighted by Gasteiger charge is 2.32. The number of nitrogens with zero attached hydrogens (tertiary/aromatic N) is 2. The fourth-order valence-corrected chi connectivity index (χ4v) is 3.12. The quantitative estimate of drug-likeness (QED) is 0.777. The van der Waals surface area contributed by atoms with Crippen molar-refractivity contribution in [3.05, 3.63) is 34.9 Å². The Bertz CT molecular complexity index is 590. The maximum absolute atomic E-state index is 12.3. The maximum atomic E-state index is 12.3. The molecule has 0 radical (unpaired) electrons. The fraction of sp³-hybridized carbons (Fsp3) is 0.529. The van der Waals surface area contributed by atoms with Gasteiger partial charge in [0, 0.05) is 43.7 Å². The van der Waals surface area contributed by atoms with Crippen LogP contribution in [-0.2, 0) is 14.3 Å². The summed E-state index contributed by atoms with van der Waals surface area (Å²) in [5, 5.41) is 0.576. The number of hydrogen-bond donors (Lipinski definition) is 1. The molecule has 2 N–H and O–H groups in total. The molecule has 8 heteroatoms. The zero-order chi connectivity index (χ0) is 17.7. The summed E-state index contributed by atoms with van der Waals surface area (Å²) in [4.78, 5) is 28.2. The molecule has 1 heterocycles. The number of carbonyl (C=O) groups excluding carboxylic acids is 2. The van der Waals surface area contributed by atoms with E-state index in [1.807, 2.05) is 24.0 Å². The molecule has 1 saturated heterocycles. The van der Waals surface area contributed by atoms with Gasteiger partial charge in [-0.3, -0.25) is 9.69 Å². The summed E-state index contributed by atoms with van der Waals surface area (Å²) in [6.07, 6.45) is 0.342. The molecule has 2 unspecified atom stereocenters. The smallest absolute Gasteiger partial charge is 0.327 e. The maximum Gasteiger partial charge on any atom is 0.327 e. The van der Waals surface area contributed by atoms with E-state index in [4.69, 9.17) is 22.1 Å². The van der Waals surface area contributed by atoms with E-state index in [0.717, 1.165) is 5.56 Å². The number of methoxy groups -OCH3 is 1. The van der Waals surface area contributed by atoms with Gasteiger partial charge in [-0.2, -0.15) is 0 Å². The van der Waals surface area contributed by atoms with E-state index >= 15 is 0 Å². The summed E-state index contributed by atoms with van der Waals surface area (Å²) in [6.45, 7) is 4.15. The minimum absolute atomic E-state index is 0. The number of esters is 1. The Hall–Kier alpha value is -1.34. The van der Waals surface area contributed by atoms with Gasteiger partial charge in [0.15, 0.2) is 0 Å². The summed E-state index contributed by atoms with van der Waals surface area (Å²) in [7, 11) is 1.38. The fourth-order valence-electron chi connectivity index (χ4n) is 2.92. The number of nitrogens with two attached hydrogens (primary N) is 1. The largest absolute Gasteiger partial charge is 0.468 e. The first-order chi connectivity index (χ1) is 11.4. The standard InChI is InChI=1S/C17H24ClN3O3.ClH/c1-12(19)10-15(22)20-6-8-21(9-7-20)16(17(23)24-2)13-4-3-5-14(18)11-13;/h3-5,11-12,16H,6-10,19H2,1-2H3;1H. The number of amides is 1. The topological polar surface area (TPSA) is 75.9 Å². The monoisotopic (exact) mass is 389 g/mol. The molecular weight excluding hydrogens is 365 g/mol. The van der Waals surface area contributed by atoms with Gasteiger partial charge in [0.25, 0.3) is 0 Å². The summed E-state index contributed by atoms with van der Waals surface area (Å²) in [5.74, 6) is -0.269. The molecule has 1 aromatic rings. The molecule has 25 heavy (non-hydrogen) atoms. The molecule has 0 aromatic heterocycles. The van der Waals surface area contributed by atoms with Gasteiger partial charge in [-0.15, -0.1) is 12.4 Å². The minimum Gasteiger partial charge on any atom is -0.468 e. The second-order valence-corrected chi connectivity index (χ2v) is 6.52. The highest BCUT2D eigenvalue weighted by molar-refractivity contribution is 6.30. The predicted octanol–water partition coefficient (Wildman–Crippen LogP) is 1.86. The lowest BCUT2D eigenvalue weighted by Crippen LogP contribution is -2.51. The van der Waals surface area contributed by atoms with Crippen LogP contribution in [0.15, 0.2) is 24.3 Å². The van der Waals surface area contributed by atoms with E-state index < -0.39 is 6.04 Å². The number of rotatable bonds is 5. The third-order valence-corrected chi connectivity index (χ3v) is 4.35. The molecular formula is C17H25Cl2N3O3. The summed E-state index contributed by atoms with van der Waals surface area (Å²) < 4.78 is 4.97. The van der Waals surface area contributed by atoms with Crippen molar-refractivity contribution in [3.63, 3.8) is 0 Å². The molecule has 0 saturated carbocycles. The van der Waals surface area contributed by atoms with E-state index in [0.29, 0.717) is 37.6 Å². The molecule has 1 amide bonds. The lowest BCUT2D eigenvalue weighted by atomic mass is 10.0. The van der Waals surface area contributed by atoms with Crippen molar-refractivity contribution >= 4 is 35.9 Å². The number of hydrogen-bond acceptors (Lipinski definition) is 5. The van der Waals surface area contributed by atoms with Crippen LogP contribution in [0.25, 0.3) is 0 Å². The van der Waals surface area contributed by atoms with Gasteiger partial charge in [-0.05, 0) is 24.6 Å². The zero-order valence-electron chi connectivity index (χ0n) is 14.5. The van der Waals surface area contributed by atoms with Crippen LogP contribution in [0.5, 0.6) is 0 Å². The molecule has 1 aliphatic rings. The van der Waals surface area contributed by atoms with Crippen LogP contribution in [0.3, 0.4) is 0 Å². The normalized spacial score (nSPS) is 17.4. The number of carbonyl (C=O) groups is 2. The van der Waals surface area contributed by atoms with Crippen molar-refractivity contribution in [2.45, 2.75) is 25.4 Å². The Morgan fingerprint density at radius 3 is 2.44 bits per heavy atom. The average molecular weight is 390 g/mol. The molecule has 1 fully saturated rings. The minimum atomic E-state index is -0.514. The van der Waals surface area contributed by atoms with Gasteiger partial charge >= 0.3 is 5.97 Å². The third-order valence-electron chi connectivity index (χ3n) is 4.12. The van der Waals surface area contributed by atoms with E-state index in [2.05, 4.69) is 0 Å². The van der Waals surface area contributed by atoms with Crippen molar-refractivity contribution in [1.29, 1.82) is 0 Å². The van der Waals surface area contributed by atoms with E-state index in [9.17, 15) is 9.59 Å². The molecule has 1 aromatic carbocycles. The molecule has 6 nitrogen and oxygen atoms in total. The third kappa shape index (κ3) is 5.85. The highest BCUT2D eigenvalue weighted by Crippen LogP contribution is 2.26. The van der Waals surface area contributed by atoms with Gasteiger partial charge < -0.3 is 15.4 Å². The molecule has 2 atom stereocenters. The van der Waals surface area contributed by atoms with Crippen LogP contribution in [-0.4, -0.2) is 61.0 Å². The average Bonchev–Trinajstić information content (AvgIpc) is 2.55. The van der Waals surface area contributed by atoms with Crippen molar-refractivity contribution < 1.29 is 14.3 Å². The van der Waals surface area contributed by atoms with Gasteiger partial charge in [-0.25, -0.2) is 4.79 Å². The Morgan fingerprint density at radius 1 is 1.28 bits per heavy atom. The first-order valence-electron chi connectivity index (χ1n) is 8.03. The number of benzene rings is 1. The van der Waals surface area contributed by atoms with Crippen molar-refractivity contribution in [3.8, 4) is 0 Å². The Kier molecular flexibility index (Phi) is 8.65. The van der Waals surface area contributed by atoms with Crippen molar-refractivity contribution in [2.75, 3.05) is 33.3 Å². The molecule has 0 bridgehead atoms. The van der Waals surface area contributed by atoms with Gasteiger partial charge in [0.05, 0.1) is 7.11 Å². The second-order valence-electron chi connectivity index (χ2n) is 6.08. The number of halogens is 2. The summed E-state index contributed by atoms with van der Waals surface area (Å²) in [5.41, 5.74) is 6.49. The van der Waals surface area contributed by atoms with Gasteiger partial charge in [-0.1, -0.05) is 23.7 Å². The van der Waals surface area contributed by atoms with Crippen molar-refractivity contribution in [2.24, 2.45) is 5.73 Å². The van der Waals surface area contributed by atoms with Crippen LogP contribution in [0.1, 0.15) is 24.9 Å². The molecule has 0 spiro atoms. The SMILES string of the molecule is COC(=O)C(c1cccc(Cl)c1)N1CCN(C(=O)CC(C)N)CC1.Cl. The van der Waals surface area contributed by atoms with Gasteiger partial charge in [0.2, 0.25) is 5.91 Å². The summed E-state index contributed by atoms with van der Waals surface area (Å²) >= 11 is 6.05. The first-order valence-corrected chi connectivity index (χ1v) is 8.41. The first kappa shape index (κ1) is 21.7. The van der Waals surface area contributed by atoms with E-state index in [-0.39, 0.29) is 30.3 Å². The van der Waals surface area contributed by atoms with Crippen LogP contribution in [0.4, 0.5) is 0 Å². The van der Waals surface area contributed by atoms with E-state index in [1.54, 1.807) is 17.0 Å². The molecule has 0 aliphatic carbocycles. The zero-order valence-corrected chi connectivity index (χ0v) is 16.1. The van der Waals surface area contributed by atoms with Crippen LogP contribution in [0, 0.1) is 0 Å². The number of ether oxygens (including phenoxy) is 1. The molecule has 140 valence electrons. The second kappa shape index (κ2) is 9.97. The van der Waals surface area contributed by atoms with E-state index in [1.165, 1.54) is 7.11 Å². The predicted molar refractivity (Wildman–Crippen MR) is 99.9 cm³/mol. The molecule has 1 aliphatic heterocycles. The van der Waals surface area contributed by atoms with Crippen LogP contribution in [0.2, 0.25) is 5.02 Å².